The van der Waals surface area contributed by atoms with E-state index >= 15 is 0 Å². The van der Waals surface area contributed by atoms with Gasteiger partial charge in [0.05, 0.1) is 6.26 Å². The van der Waals surface area contributed by atoms with Crippen molar-refractivity contribution in [3.63, 3.8) is 0 Å². The van der Waals surface area contributed by atoms with E-state index in [1.807, 2.05) is 24.3 Å². The zero-order valence-corrected chi connectivity index (χ0v) is 15.7. The molecule has 0 saturated carbocycles. The lowest BCUT2D eigenvalue weighted by Gasteiger charge is -2.20. The van der Waals surface area contributed by atoms with Gasteiger partial charge >= 0.3 is 0 Å². The van der Waals surface area contributed by atoms with Gasteiger partial charge in [0.2, 0.25) is 10.0 Å². The Kier molecular flexibility index (Phi) is 9.26. The SMILES string of the molecule is CCCCCCCN(CC)CCc1ccc(NS(C)(=O)=O)cc1. The van der Waals surface area contributed by atoms with E-state index in [9.17, 15) is 8.42 Å². The summed E-state index contributed by atoms with van der Waals surface area (Å²) < 4.78 is 24.9. The van der Waals surface area contributed by atoms with Crippen LogP contribution in [-0.2, 0) is 16.4 Å². The molecule has 1 N–H and O–H groups in total. The van der Waals surface area contributed by atoms with Crippen LogP contribution in [0.25, 0.3) is 0 Å². The van der Waals surface area contributed by atoms with Gasteiger partial charge in [0.1, 0.15) is 0 Å². The standard InChI is InChI=1S/C18H32N2O2S/c1-4-6-7-8-9-15-20(5-2)16-14-17-10-12-18(13-11-17)19-23(3,21)22/h10-13,19H,4-9,14-16H2,1-3H3. The molecule has 0 unspecified atom stereocenters. The lowest BCUT2D eigenvalue weighted by molar-refractivity contribution is 0.284. The molecular weight excluding hydrogens is 308 g/mol. The molecule has 4 nitrogen and oxygen atoms in total. The number of unbranched alkanes of at least 4 members (excludes halogenated alkanes) is 4. The van der Waals surface area contributed by atoms with Gasteiger partial charge in [0, 0.05) is 12.2 Å². The summed E-state index contributed by atoms with van der Waals surface area (Å²) in [4.78, 5) is 2.49. The third-order valence-electron chi connectivity index (χ3n) is 4.00. The van der Waals surface area contributed by atoms with Crippen LogP contribution in [0.2, 0.25) is 0 Å². The van der Waals surface area contributed by atoms with Crippen molar-refractivity contribution in [1.82, 2.24) is 4.90 Å². The van der Waals surface area contributed by atoms with E-state index in [1.54, 1.807) is 0 Å². The number of rotatable bonds is 12. The molecule has 0 spiro atoms. The van der Waals surface area contributed by atoms with Gasteiger partial charge in [-0.2, -0.15) is 0 Å². The van der Waals surface area contributed by atoms with Crippen molar-refractivity contribution in [2.24, 2.45) is 0 Å². The normalized spacial score (nSPS) is 11.8. The minimum Gasteiger partial charge on any atom is -0.303 e. The first-order valence-corrected chi connectivity index (χ1v) is 10.6. The summed E-state index contributed by atoms with van der Waals surface area (Å²) in [5, 5.41) is 0. The molecule has 23 heavy (non-hydrogen) atoms. The minimum absolute atomic E-state index is 0.625. The van der Waals surface area contributed by atoms with Crippen LogP contribution >= 0.6 is 0 Å². The van der Waals surface area contributed by atoms with E-state index in [0.29, 0.717) is 5.69 Å². The Labute approximate surface area is 142 Å². The highest BCUT2D eigenvalue weighted by Crippen LogP contribution is 2.12. The molecule has 5 heteroatoms. The van der Waals surface area contributed by atoms with E-state index < -0.39 is 10.0 Å². The average molecular weight is 341 g/mol. The summed E-state index contributed by atoms with van der Waals surface area (Å²) in [6, 6.07) is 7.67. The summed E-state index contributed by atoms with van der Waals surface area (Å²) in [5.41, 5.74) is 1.87. The Bertz CT molecular complexity index is 526. The molecule has 0 atom stereocenters. The molecule has 0 bridgehead atoms. The van der Waals surface area contributed by atoms with E-state index in [0.717, 1.165) is 19.5 Å². The highest BCUT2D eigenvalue weighted by Gasteiger charge is 2.04. The van der Waals surface area contributed by atoms with E-state index in [-0.39, 0.29) is 0 Å². The van der Waals surface area contributed by atoms with Gasteiger partial charge in [-0.1, -0.05) is 51.7 Å². The van der Waals surface area contributed by atoms with Crippen LogP contribution in [0.1, 0.15) is 51.5 Å². The number of nitrogens with zero attached hydrogens (tertiary/aromatic N) is 1. The van der Waals surface area contributed by atoms with Gasteiger partial charge < -0.3 is 4.90 Å². The van der Waals surface area contributed by atoms with Crippen molar-refractivity contribution >= 4 is 15.7 Å². The molecule has 0 amide bonds. The van der Waals surface area contributed by atoms with Crippen molar-refractivity contribution in [3.8, 4) is 0 Å². The smallest absolute Gasteiger partial charge is 0.229 e. The van der Waals surface area contributed by atoms with Crippen molar-refractivity contribution in [2.75, 3.05) is 30.6 Å². The molecule has 1 rings (SSSR count). The van der Waals surface area contributed by atoms with Gasteiger partial charge in [0.25, 0.3) is 0 Å². The topological polar surface area (TPSA) is 49.4 Å². The van der Waals surface area contributed by atoms with Crippen LogP contribution in [0.3, 0.4) is 0 Å². The van der Waals surface area contributed by atoms with E-state index in [4.69, 9.17) is 0 Å². The molecule has 0 radical (unpaired) electrons. The predicted octanol–water partition coefficient (Wildman–Crippen LogP) is 3.89. The molecule has 1 aromatic carbocycles. The molecular formula is C18H32N2O2S. The Balaban J connectivity index is 2.34. The molecule has 0 aliphatic carbocycles. The molecule has 0 fully saturated rings. The molecule has 0 heterocycles. The van der Waals surface area contributed by atoms with Crippen LogP contribution in [0, 0.1) is 0 Å². The molecule has 1 aromatic rings. The zero-order chi connectivity index (χ0) is 17.1. The maximum atomic E-state index is 11.2. The highest BCUT2D eigenvalue weighted by atomic mass is 32.2. The van der Waals surface area contributed by atoms with Crippen molar-refractivity contribution in [2.45, 2.75) is 52.4 Å². The highest BCUT2D eigenvalue weighted by molar-refractivity contribution is 7.92. The molecule has 0 aliphatic rings. The summed E-state index contributed by atoms with van der Waals surface area (Å²) in [7, 11) is -3.20. The number of nitrogens with one attached hydrogen (secondary N) is 1. The summed E-state index contributed by atoms with van der Waals surface area (Å²) in [6.07, 6.45) is 8.77. The average Bonchev–Trinajstić information content (AvgIpc) is 2.50. The number of sulfonamides is 1. The Morgan fingerprint density at radius 1 is 0.957 bits per heavy atom. The number of hydrogen-bond donors (Lipinski definition) is 1. The zero-order valence-electron chi connectivity index (χ0n) is 14.8. The first-order valence-electron chi connectivity index (χ1n) is 8.73. The van der Waals surface area contributed by atoms with Gasteiger partial charge in [-0.3, -0.25) is 4.72 Å². The maximum absolute atomic E-state index is 11.2. The van der Waals surface area contributed by atoms with Crippen LogP contribution in [0.4, 0.5) is 5.69 Å². The van der Waals surface area contributed by atoms with E-state index in [2.05, 4.69) is 23.5 Å². The summed E-state index contributed by atoms with van der Waals surface area (Å²) in [5.74, 6) is 0. The second kappa shape index (κ2) is 10.7. The predicted molar refractivity (Wildman–Crippen MR) is 99.5 cm³/mol. The monoisotopic (exact) mass is 340 g/mol. The molecule has 132 valence electrons. The van der Waals surface area contributed by atoms with Crippen molar-refractivity contribution in [1.29, 1.82) is 0 Å². The number of likely N-dealkylation sites (N-methyl/N-ethyl adjacent to an activating group) is 1. The second-order valence-electron chi connectivity index (χ2n) is 6.17. The quantitative estimate of drug-likeness (QED) is 0.587. The lowest BCUT2D eigenvalue weighted by atomic mass is 10.1. The molecule has 0 saturated heterocycles. The van der Waals surface area contributed by atoms with Crippen LogP contribution in [0.5, 0.6) is 0 Å². The number of benzene rings is 1. The Hall–Kier alpha value is -1.07. The van der Waals surface area contributed by atoms with Gasteiger partial charge in [-0.05, 0) is 43.6 Å². The summed E-state index contributed by atoms with van der Waals surface area (Å²) >= 11 is 0. The second-order valence-corrected chi connectivity index (χ2v) is 7.92. The first kappa shape index (κ1) is 20.0. The van der Waals surface area contributed by atoms with Crippen LogP contribution < -0.4 is 4.72 Å². The number of anilines is 1. The Morgan fingerprint density at radius 3 is 2.17 bits per heavy atom. The van der Waals surface area contributed by atoms with Crippen LogP contribution in [0.15, 0.2) is 24.3 Å². The van der Waals surface area contributed by atoms with E-state index in [1.165, 1.54) is 50.5 Å². The fourth-order valence-corrected chi connectivity index (χ4v) is 3.17. The van der Waals surface area contributed by atoms with Crippen molar-refractivity contribution < 1.29 is 8.42 Å². The third-order valence-corrected chi connectivity index (χ3v) is 4.61. The molecule has 0 aliphatic heterocycles. The van der Waals surface area contributed by atoms with Gasteiger partial charge in [-0.15, -0.1) is 0 Å². The third kappa shape index (κ3) is 9.61. The first-order chi connectivity index (χ1) is 10.9. The lowest BCUT2D eigenvalue weighted by Crippen LogP contribution is -2.27. The van der Waals surface area contributed by atoms with Crippen molar-refractivity contribution in [3.05, 3.63) is 29.8 Å². The molecule has 0 aromatic heterocycles. The fourth-order valence-electron chi connectivity index (χ4n) is 2.61. The number of hydrogen-bond acceptors (Lipinski definition) is 3. The maximum Gasteiger partial charge on any atom is 0.229 e. The van der Waals surface area contributed by atoms with Gasteiger partial charge in [-0.25, -0.2) is 8.42 Å². The van der Waals surface area contributed by atoms with Crippen LogP contribution in [-0.4, -0.2) is 39.2 Å². The van der Waals surface area contributed by atoms with Gasteiger partial charge in [0.15, 0.2) is 0 Å². The largest absolute Gasteiger partial charge is 0.303 e. The minimum atomic E-state index is -3.20. The fraction of sp³-hybridized carbons (Fsp3) is 0.667. The summed E-state index contributed by atoms with van der Waals surface area (Å²) in [6.45, 7) is 7.78. The Morgan fingerprint density at radius 2 is 1.61 bits per heavy atom.